The van der Waals surface area contributed by atoms with Crippen LogP contribution in [-0.2, 0) is 0 Å². The summed E-state index contributed by atoms with van der Waals surface area (Å²) in [7, 11) is 1.63. The molecule has 3 aromatic heterocycles. The minimum atomic E-state index is -0.353. The van der Waals surface area contributed by atoms with Crippen LogP contribution >= 0.6 is 0 Å². The molecule has 7 aromatic rings. The van der Waals surface area contributed by atoms with Crippen molar-refractivity contribution in [1.82, 2.24) is 9.97 Å². The fourth-order valence-corrected chi connectivity index (χ4v) is 5.77. The van der Waals surface area contributed by atoms with E-state index in [0.29, 0.717) is 11.1 Å². The number of H-pyrrole nitrogens is 2. The summed E-state index contributed by atoms with van der Waals surface area (Å²) in [4.78, 5) is 20.0. The number of rotatable bonds is 5. The van der Waals surface area contributed by atoms with Crippen molar-refractivity contribution in [1.29, 1.82) is 0 Å². The van der Waals surface area contributed by atoms with Crippen molar-refractivity contribution in [2.24, 2.45) is 0 Å². The molecule has 2 N–H and O–H groups in total. The third-order valence-electron chi connectivity index (χ3n) is 7.64. The van der Waals surface area contributed by atoms with E-state index >= 15 is 0 Å². The number of hydrogen-bond donors (Lipinski definition) is 2. The number of fused-ring (bicyclic) bond motifs is 3. The van der Waals surface area contributed by atoms with Gasteiger partial charge in [-0.05, 0) is 71.1 Å². The highest BCUT2D eigenvalue weighted by atomic mass is 16.5. The van der Waals surface area contributed by atoms with E-state index in [2.05, 4.69) is 70.9 Å². The maximum atomic E-state index is 13.0. The summed E-state index contributed by atoms with van der Waals surface area (Å²) in [6, 6.07) is 30.5. The molecule has 0 amide bonds. The summed E-state index contributed by atoms with van der Waals surface area (Å²) in [6.07, 6.45) is 4.23. The van der Waals surface area contributed by atoms with Gasteiger partial charge in [0.25, 0.3) is 0 Å². The fourth-order valence-electron chi connectivity index (χ4n) is 5.77. The first-order valence-corrected chi connectivity index (χ1v) is 13.0. The molecule has 0 fully saturated rings. The van der Waals surface area contributed by atoms with Crippen LogP contribution in [-0.4, -0.2) is 17.1 Å². The summed E-state index contributed by atoms with van der Waals surface area (Å²) in [5.74, 6) is 0.694. The highest BCUT2D eigenvalue weighted by Crippen LogP contribution is 2.41. The third kappa shape index (κ3) is 3.82. The highest BCUT2D eigenvalue weighted by molar-refractivity contribution is 5.90. The molecule has 0 aliphatic rings. The van der Waals surface area contributed by atoms with Crippen molar-refractivity contribution in [2.75, 3.05) is 7.11 Å². The van der Waals surface area contributed by atoms with Crippen LogP contribution in [0, 0.1) is 6.92 Å². The Balaban J connectivity index is 1.47. The minimum absolute atomic E-state index is 0.0447. The van der Waals surface area contributed by atoms with E-state index < -0.39 is 0 Å². The van der Waals surface area contributed by atoms with Crippen molar-refractivity contribution in [3.63, 3.8) is 0 Å². The number of methoxy groups -OCH3 is 1. The lowest BCUT2D eigenvalue weighted by Gasteiger charge is -2.19. The predicted octanol–water partition coefficient (Wildman–Crippen LogP) is 7.92. The van der Waals surface area contributed by atoms with E-state index in [9.17, 15) is 4.79 Å². The van der Waals surface area contributed by atoms with Gasteiger partial charge in [-0.15, -0.1) is 0 Å². The Hall–Kier alpha value is -5.03. The van der Waals surface area contributed by atoms with Gasteiger partial charge in [0, 0.05) is 45.5 Å². The molecule has 39 heavy (non-hydrogen) atoms. The number of aryl methyl sites for hydroxylation is 1. The van der Waals surface area contributed by atoms with Gasteiger partial charge in [-0.25, -0.2) is 4.79 Å². The summed E-state index contributed by atoms with van der Waals surface area (Å²) >= 11 is 0. The molecule has 0 radical (unpaired) electrons. The molecule has 7 rings (SSSR count). The number of nitrogens with one attached hydrogen (secondary N) is 2. The van der Waals surface area contributed by atoms with Crippen LogP contribution in [0.25, 0.3) is 43.9 Å². The van der Waals surface area contributed by atoms with E-state index in [4.69, 9.17) is 9.15 Å². The highest BCUT2D eigenvalue weighted by Gasteiger charge is 2.24. The van der Waals surface area contributed by atoms with Gasteiger partial charge in [0.15, 0.2) is 0 Å². The quantitative estimate of drug-likeness (QED) is 0.231. The van der Waals surface area contributed by atoms with E-state index in [-0.39, 0.29) is 11.5 Å². The standard InChI is InChI=1S/C34H26N2O3/c1-20-15-22(16-23-17-27(34(37)39-33(20)23)21-11-13-24(38-2)14-12-21)32(28-18-35-30-9-5-3-7-25(28)30)29-19-36-31-10-6-4-8-26(29)31/h3-19,32,35-36H,1-2H3. The van der Waals surface area contributed by atoms with Gasteiger partial charge in [0.2, 0.25) is 0 Å². The van der Waals surface area contributed by atoms with Gasteiger partial charge in [0.05, 0.1) is 12.7 Å². The van der Waals surface area contributed by atoms with Crippen molar-refractivity contribution < 1.29 is 9.15 Å². The van der Waals surface area contributed by atoms with Crippen LogP contribution in [0.1, 0.15) is 28.2 Å². The average Bonchev–Trinajstić information content (AvgIpc) is 3.59. The Morgan fingerprint density at radius 1 is 0.769 bits per heavy atom. The normalized spacial score (nSPS) is 11.7. The molecular formula is C34H26N2O3. The SMILES string of the molecule is COc1ccc(-c2cc3cc(C(c4c[nH]c5ccccc45)c4c[nH]c5ccccc45)cc(C)c3oc2=O)cc1. The van der Waals surface area contributed by atoms with Crippen LogP contribution in [0.2, 0.25) is 0 Å². The van der Waals surface area contributed by atoms with Gasteiger partial charge in [-0.1, -0.05) is 54.6 Å². The Labute approximate surface area is 224 Å². The van der Waals surface area contributed by atoms with Crippen LogP contribution < -0.4 is 10.4 Å². The van der Waals surface area contributed by atoms with Gasteiger partial charge in [-0.2, -0.15) is 0 Å². The average molecular weight is 511 g/mol. The first-order valence-electron chi connectivity index (χ1n) is 13.0. The zero-order valence-electron chi connectivity index (χ0n) is 21.6. The molecule has 0 spiro atoms. The second-order valence-corrected chi connectivity index (χ2v) is 9.94. The maximum absolute atomic E-state index is 13.0. The number of aromatic nitrogens is 2. The number of aromatic amines is 2. The largest absolute Gasteiger partial charge is 0.497 e. The van der Waals surface area contributed by atoms with Crippen molar-refractivity contribution in [3.8, 4) is 16.9 Å². The lowest BCUT2D eigenvalue weighted by molar-refractivity contribution is 0.415. The molecule has 0 aliphatic heterocycles. The molecular weight excluding hydrogens is 484 g/mol. The Morgan fingerprint density at radius 3 is 2.00 bits per heavy atom. The molecule has 5 heteroatoms. The number of benzene rings is 4. The molecule has 0 aliphatic carbocycles. The Morgan fingerprint density at radius 2 is 1.38 bits per heavy atom. The molecule has 5 nitrogen and oxygen atoms in total. The zero-order chi connectivity index (χ0) is 26.5. The third-order valence-corrected chi connectivity index (χ3v) is 7.64. The second-order valence-electron chi connectivity index (χ2n) is 9.94. The van der Waals surface area contributed by atoms with Crippen LogP contribution in [0.3, 0.4) is 0 Å². The van der Waals surface area contributed by atoms with Crippen molar-refractivity contribution in [3.05, 3.63) is 136 Å². The molecule has 4 aromatic carbocycles. The fraction of sp³-hybridized carbons (Fsp3) is 0.0882. The minimum Gasteiger partial charge on any atom is -0.497 e. The summed E-state index contributed by atoms with van der Waals surface area (Å²) in [5.41, 5.74) is 8.21. The first kappa shape index (κ1) is 23.1. The monoisotopic (exact) mass is 510 g/mol. The molecule has 0 unspecified atom stereocenters. The Kier molecular flexibility index (Phi) is 5.37. The molecule has 3 heterocycles. The van der Waals surface area contributed by atoms with Crippen LogP contribution in [0.4, 0.5) is 0 Å². The van der Waals surface area contributed by atoms with Gasteiger partial charge >= 0.3 is 5.63 Å². The Bertz CT molecular complexity index is 1970. The lowest BCUT2D eigenvalue weighted by atomic mass is 9.83. The number of ether oxygens (including phenoxy) is 1. The van der Waals surface area contributed by atoms with E-state index in [1.807, 2.05) is 49.4 Å². The lowest BCUT2D eigenvalue weighted by Crippen LogP contribution is -2.06. The van der Waals surface area contributed by atoms with Crippen LogP contribution in [0.15, 0.2) is 113 Å². The molecule has 0 atom stereocenters. The first-order chi connectivity index (χ1) is 19.1. The topological polar surface area (TPSA) is 71.0 Å². The van der Waals surface area contributed by atoms with Gasteiger partial charge < -0.3 is 19.1 Å². The molecule has 0 bridgehead atoms. The number of hydrogen-bond acceptors (Lipinski definition) is 3. The van der Waals surface area contributed by atoms with Crippen molar-refractivity contribution in [2.45, 2.75) is 12.8 Å². The van der Waals surface area contributed by atoms with Crippen LogP contribution in [0.5, 0.6) is 5.75 Å². The molecule has 190 valence electrons. The predicted molar refractivity (Wildman–Crippen MR) is 157 cm³/mol. The number of para-hydroxylation sites is 2. The molecule has 0 saturated carbocycles. The summed E-state index contributed by atoms with van der Waals surface area (Å²) in [5, 5.41) is 3.26. The maximum Gasteiger partial charge on any atom is 0.344 e. The smallest absolute Gasteiger partial charge is 0.344 e. The summed E-state index contributed by atoms with van der Waals surface area (Å²) < 4.78 is 11.2. The van der Waals surface area contributed by atoms with E-state index in [1.165, 1.54) is 21.9 Å². The second kappa shape index (κ2) is 9.07. The summed E-state index contributed by atoms with van der Waals surface area (Å²) in [6.45, 7) is 2.00. The van der Waals surface area contributed by atoms with E-state index in [1.54, 1.807) is 7.11 Å². The van der Waals surface area contributed by atoms with E-state index in [0.717, 1.165) is 38.9 Å². The van der Waals surface area contributed by atoms with Gasteiger partial charge in [-0.3, -0.25) is 0 Å². The van der Waals surface area contributed by atoms with Gasteiger partial charge in [0.1, 0.15) is 11.3 Å². The molecule has 0 saturated heterocycles. The zero-order valence-corrected chi connectivity index (χ0v) is 21.6. The van der Waals surface area contributed by atoms with Crippen molar-refractivity contribution >= 4 is 32.8 Å².